The first-order valence-corrected chi connectivity index (χ1v) is 6.62. The van der Waals surface area contributed by atoms with Crippen molar-refractivity contribution in [1.29, 1.82) is 0 Å². The maximum atomic E-state index is 11.6. The molecule has 5 nitrogen and oxygen atoms in total. The van der Waals surface area contributed by atoms with Crippen LogP contribution in [0.2, 0.25) is 0 Å². The highest BCUT2D eigenvalue weighted by molar-refractivity contribution is 14.0. The quantitative estimate of drug-likeness (QED) is 0.412. The second-order valence-corrected chi connectivity index (χ2v) is 6.00. The molecule has 118 valence electrons. The Kier molecular flexibility index (Phi) is 7.70. The van der Waals surface area contributed by atoms with Crippen LogP contribution in [0.5, 0.6) is 0 Å². The van der Waals surface area contributed by atoms with E-state index in [2.05, 4.69) is 21.7 Å². The van der Waals surface area contributed by atoms with E-state index < -0.39 is 0 Å². The first-order chi connectivity index (χ1) is 9.15. The molecule has 1 amide bonds. The molecule has 0 bridgehead atoms. The predicted molar refractivity (Wildman–Crippen MR) is 99.3 cm³/mol. The molecular formula is C15H25IN4O. The van der Waals surface area contributed by atoms with Gasteiger partial charge < -0.3 is 16.4 Å². The third kappa shape index (κ3) is 8.54. The smallest absolute Gasteiger partial charge is 0.242 e. The number of hydrogen-bond acceptors (Lipinski definition) is 2. The molecule has 0 atom stereocenters. The Morgan fingerprint density at radius 1 is 1.19 bits per heavy atom. The summed E-state index contributed by atoms with van der Waals surface area (Å²) in [7, 11) is 0. The number of nitrogens with zero attached hydrogens (tertiary/aromatic N) is 1. The Morgan fingerprint density at radius 3 is 2.19 bits per heavy atom. The summed E-state index contributed by atoms with van der Waals surface area (Å²) in [6.07, 6.45) is 0. The van der Waals surface area contributed by atoms with Crippen molar-refractivity contribution in [2.75, 3.05) is 11.9 Å². The van der Waals surface area contributed by atoms with Crippen LogP contribution in [0.4, 0.5) is 5.69 Å². The number of aryl methyl sites for hydroxylation is 2. The SMILES string of the molecule is Cc1cc(C)cc(NC(N)=NCC(=O)NC(C)(C)C)c1.I. The number of benzene rings is 1. The van der Waals surface area contributed by atoms with E-state index in [9.17, 15) is 4.79 Å². The number of anilines is 1. The Labute approximate surface area is 143 Å². The molecule has 0 aliphatic rings. The lowest BCUT2D eigenvalue weighted by Gasteiger charge is -2.19. The highest BCUT2D eigenvalue weighted by Crippen LogP contribution is 2.13. The van der Waals surface area contributed by atoms with Crippen LogP contribution in [0, 0.1) is 13.8 Å². The zero-order valence-corrected chi connectivity index (χ0v) is 15.6. The molecule has 1 rings (SSSR count). The van der Waals surface area contributed by atoms with Crippen LogP contribution in [0.1, 0.15) is 31.9 Å². The summed E-state index contributed by atoms with van der Waals surface area (Å²) in [6.45, 7) is 9.81. The van der Waals surface area contributed by atoms with Crippen LogP contribution in [-0.4, -0.2) is 24.0 Å². The van der Waals surface area contributed by atoms with Crippen molar-refractivity contribution in [3.8, 4) is 0 Å². The topological polar surface area (TPSA) is 79.5 Å². The molecule has 0 radical (unpaired) electrons. The highest BCUT2D eigenvalue weighted by Gasteiger charge is 2.12. The van der Waals surface area contributed by atoms with Gasteiger partial charge in [-0.05, 0) is 57.9 Å². The third-order valence-corrected chi connectivity index (χ3v) is 2.40. The van der Waals surface area contributed by atoms with Gasteiger partial charge in [0.1, 0.15) is 6.54 Å². The van der Waals surface area contributed by atoms with Crippen molar-refractivity contribution in [2.24, 2.45) is 10.7 Å². The zero-order chi connectivity index (χ0) is 15.3. The summed E-state index contributed by atoms with van der Waals surface area (Å²) in [6, 6.07) is 6.03. The largest absolute Gasteiger partial charge is 0.370 e. The van der Waals surface area contributed by atoms with Gasteiger partial charge in [0.15, 0.2) is 5.96 Å². The highest BCUT2D eigenvalue weighted by atomic mass is 127. The van der Waals surface area contributed by atoms with Gasteiger partial charge in [0.05, 0.1) is 0 Å². The molecule has 0 spiro atoms. The van der Waals surface area contributed by atoms with E-state index in [0.29, 0.717) is 0 Å². The van der Waals surface area contributed by atoms with Crippen LogP contribution >= 0.6 is 24.0 Å². The molecule has 0 saturated heterocycles. The van der Waals surface area contributed by atoms with E-state index in [0.717, 1.165) is 16.8 Å². The van der Waals surface area contributed by atoms with Gasteiger partial charge in [-0.25, -0.2) is 4.99 Å². The Hall–Kier alpha value is -1.31. The minimum Gasteiger partial charge on any atom is -0.370 e. The van der Waals surface area contributed by atoms with Gasteiger partial charge in [-0.15, -0.1) is 24.0 Å². The van der Waals surface area contributed by atoms with Gasteiger partial charge in [-0.1, -0.05) is 6.07 Å². The minimum absolute atomic E-state index is 0. The van der Waals surface area contributed by atoms with Gasteiger partial charge in [0, 0.05) is 11.2 Å². The Morgan fingerprint density at radius 2 is 1.71 bits per heavy atom. The summed E-state index contributed by atoms with van der Waals surface area (Å²) in [5.41, 5.74) is 8.68. The number of guanidine groups is 1. The van der Waals surface area contributed by atoms with Crippen LogP contribution in [0.3, 0.4) is 0 Å². The number of hydrogen-bond donors (Lipinski definition) is 3. The van der Waals surface area contributed by atoms with Crippen molar-refractivity contribution < 1.29 is 4.79 Å². The number of carbonyl (C=O) groups excluding carboxylic acids is 1. The number of rotatable bonds is 3. The molecule has 0 aromatic heterocycles. The van der Waals surface area contributed by atoms with Crippen LogP contribution in [0.15, 0.2) is 23.2 Å². The molecule has 0 saturated carbocycles. The summed E-state index contributed by atoms with van der Waals surface area (Å²) in [5.74, 6) is 0.0849. The van der Waals surface area contributed by atoms with E-state index in [1.54, 1.807) is 0 Å². The molecule has 0 heterocycles. The minimum atomic E-state index is -0.261. The first-order valence-electron chi connectivity index (χ1n) is 6.62. The van der Waals surface area contributed by atoms with E-state index in [-0.39, 0.29) is 47.9 Å². The lowest BCUT2D eigenvalue weighted by Crippen LogP contribution is -2.42. The standard InChI is InChI=1S/C15H24N4O.HI/c1-10-6-11(2)8-12(7-10)18-14(16)17-9-13(20)19-15(3,4)5;/h6-8H,9H2,1-5H3,(H,19,20)(H3,16,17,18);1H. The van der Waals surface area contributed by atoms with Gasteiger partial charge in [0.2, 0.25) is 5.91 Å². The van der Waals surface area contributed by atoms with Crippen LogP contribution in [-0.2, 0) is 4.79 Å². The molecule has 0 unspecified atom stereocenters. The molecular weight excluding hydrogens is 379 g/mol. The predicted octanol–water partition coefficient (Wildman–Crippen LogP) is 2.56. The Balaban J connectivity index is 0.00000400. The van der Waals surface area contributed by atoms with Gasteiger partial charge in [-0.2, -0.15) is 0 Å². The summed E-state index contributed by atoms with van der Waals surface area (Å²) >= 11 is 0. The van der Waals surface area contributed by atoms with Crippen molar-refractivity contribution in [2.45, 2.75) is 40.2 Å². The second kappa shape index (κ2) is 8.21. The van der Waals surface area contributed by atoms with Gasteiger partial charge >= 0.3 is 0 Å². The summed E-state index contributed by atoms with van der Waals surface area (Å²) in [4.78, 5) is 15.7. The monoisotopic (exact) mass is 404 g/mol. The molecule has 21 heavy (non-hydrogen) atoms. The molecule has 0 aliphatic carbocycles. The average molecular weight is 404 g/mol. The fourth-order valence-electron chi connectivity index (χ4n) is 1.85. The van der Waals surface area contributed by atoms with Crippen molar-refractivity contribution in [3.63, 3.8) is 0 Å². The number of nitrogens with one attached hydrogen (secondary N) is 2. The number of halogens is 1. The first kappa shape index (κ1) is 19.7. The fraction of sp³-hybridized carbons (Fsp3) is 0.467. The van der Waals surface area contributed by atoms with Crippen molar-refractivity contribution in [1.82, 2.24) is 5.32 Å². The number of nitrogens with two attached hydrogens (primary N) is 1. The number of amides is 1. The lowest BCUT2D eigenvalue weighted by atomic mass is 10.1. The van der Waals surface area contributed by atoms with E-state index in [1.165, 1.54) is 0 Å². The van der Waals surface area contributed by atoms with E-state index in [1.807, 2.05) is 46.8 Å². The van der Waals surface area contributed by atoms with Crippen LogP contribution in [0.25, 0.3) is 0 Å². The third-order valence-electron chi connectivity index (χ3n) is 2.40. The molecule has 0 fully saturated rings. The zero-order valence-electron chi connectivity index (χ0n) is 13.3. The molecule has 0 aliphatic heterocycles. The van der Waals surface area contributed by atoms with Crippen molar-refractivity contribution >= 4 is 41.5 Å². The van der Waals surface area contributed by atoms with Crippen molar-refractivity contribution in [3.05, 3.63) is 29.3 Å². The second-order valence-electron chi connectivity index (χ2n) is 6.00. The molecule has 1 aromatic carbocycles. The fourth-order valence-corrected chi connectivity index (χ4v) is 1.85. The van der Waals surface area contributed by atoms with Crippen LogP contribution < -0.4 is 16.4 Å². The average Bonchev–Trinajstić information content (AvgIpc) is 2.22. The molecule has 6 heteroatoms. The van der Waals surface area contributed by atoms with Gasteiger partial charge in [0.25, 0.3) is 0 Å². The van der Waals surface area contributed by atoms with E-state index >= 15 is 0 Å². The summed E-state index contributed by atoms with van der Waals surface area (Å²) in [5, 5.41) is 5.82. The van der Waals surface area contributed by atoms with Gasteiger partial charge in [-0.3, -0.25) is 4.79 Å². The Bertz CT molecular complexity index is 501. The molecule has 4 N–H and O–H groups in total. The molecule has 1 aromatic rings. The van der Waals surface area contributed by atoms with E-state index in [4.69, 9.17) is 5.73 Å². The summed E-state index contributed by atoms with van der Waals surface area (Å²) < 4.78 is 0. The number of carbonyl (C=O) groups is 1. The maximum absolute atomic E-state index is 11.6. The lowest BCUT2D eigenvalue weighted by molar-refractivity contribution is -0.121. The normalized spacial score (nSPS) is 11.6. The maximum Gasteiger partial charge on any atom is 0.242 e. The number of aliphatic imine (C=N–C) groups is 1.